The van der Waals surface area contributed by atoms with Crippen LogP contribution in [-0.2, 0) is 0 Å². The Balaban J connectivity index is 2.06. The number of nitrogens with one attached hydrogen (secondary N) is 1. The molecule has 102 valence electrons. The van der Waals surface area contributed by atoms with Gasteiger partial charge >= 0.3 is 5.97 Å². The number of benzene rings is 1. The first-order valence-electron chi connectivity index (χ1n) is 6.71. The van der Waals surface area contributed by atoms with Crippen molar-refractivity contribution >= 4 is 11.9 Å². The molecule has 0 heterocycles. The highest BCUT2D eigenvalue weighted by molar-refractivity contribution is 6.04. The van der Waals surface area contributed by atoms with E-state index in [1.807, 2.05) is 0 Å². The first kappa shape index (κ1) is 13.6. The highest BCUT2D eigenvalue weighted by Gasteiger charge is 2.22. The molecule has 19 heavy (non-hydrogen) atoms. The van der Waals surface area contributed by atoms with Crippen LogP contribution in [0.25, 0.3) is 0 Å². The largest absolute Gasteiger partial charge is 0.478 e. The Morgan fingerprint density at radius 2 is 1.68 bits per heavy atom. The maximum Gasteiger partial charge on any atom is 0.336 e. The van der Waals surface area contributed by atoms with Crippen LogP contribution < -0.4 is 5.32 Å². The Morgan fingerprint density at radius 1 is 1.11 bits per heavy atom. The molecule has 0 unspecified atom stereocenters. The fraction of sp³-hybridized carbons (Fsp3) is 0.467. The first-order valence-corrected chi connectivity index (χ1v) is 6.71. The molecular formula is C15H19NO3. The van der Waals surface area contributed by atoms with E-state index < -0.39 is 5.97 Å². The Morgan fingerprint density at radius 3 is 2.26 bits per heavy atom. The molecule has 0 spiro atoms. The summed E-state index contributed by atoms with van der Waals surface area (Å²) in [6.07, 6.45) is 4.18. The summed E-state index contributed by atoms with van der Waals surface area (Å²) >= 11 is 0. The van der Waals surface area contributed by atoms with Crippen molar-refractivity contribution in [1.29, 1.82) is 0 Å². The van der Waals surface area contributed by atoms with Crippen LogP contribution in [0.5, 0.6) is 0 Å². The summed E-state index contributed by atoms with van der Waals surface area (Å²) < 4.78 is 0. The number of rotatable bonds is 3. The normalized spacial score (nSPS) is 22.8. The van der Waals surface area contributed by atoms with Crippen molar-refractivity contribution in [3.05, 3.63) is 35.4 Å². The third-order valence-corrected chi connectivity index (χ3v) is 3.75. The van der Waals surface area contributed by atoms with Gasteiger partial charge in [-0.15, -0.1) is 0 Å². The molecule has 1 amide bonds. The number of carbonyl (C=O) groups excluding carboxylic acids is 1. The number of hydrogen-bond acceptors (Lipinski definition) is 2. The van der Waals surface area contributed by atoms with E-state index in [2.05, 4.69) is 12.2 Å². The molecule has 4 nitrogen and oxygen atoms in total. The zero-order valence-electron chi connectivity index (χ0n) is 11.1. The second kappa shape index (κ2) is 5.87. The van der Waals surface area contributed by atoms with Crippen LogP contribution in [0.15, 0.2) is 24.3 Å². The molecule has 1 aromatic carbocycles. The van der Waals surface area contributed by atoms with Crippen LogP contribution in [0.2, 0.25) is 0 Å². The summed E-state index contributed by atoms with van der Waals surface area (Å²) in [4.78, 5) is 23.2. The number of amides is 1. The monoisotopic (exact) mass is 261 g/mol. The summed E-state index contributed by atoms with van der Waals surface area (Å²) in [7, 11) is 0. The fourth-order valence-corrected chi connectivity index (χ4v) is 2.54. The molecule has 0 bridgehead atoms. The summed E-state index contributed by atoms with van der Waals surface area (Å²) in [5, 5.41) is 12.0. The van der Waals surface area contributed by atoms with Crippen molar-refractivity contribution in [1.82, 2.24) is 5.32 Å². The molecule has 4 heteroatoms. The van der Waals surface area contributed by atoms with Crippen molar-refractivity contribution in [2.24, 2.45) is 5.92 Å². The predicted octanol–water partition coefficient (Wildman–Crippen LogP) is 2.69. The molecule has 1 aliphatic rings. The first-order chi connectivity index (χ1) is 9.08. The third-order valence-electron chi connectivity index (χ3n) is 3.75. The number of carboxylic acid groups (broad SMARTS) is 1. The lowest BCUT2D eigenvalue weighted by atomic mass is 9.87. The number of aromatic carboxylic acids is 1. The van der Waals surface area contributed by atoms with Crippen LogP contribution in [0.4, 0.5) is 0 Å². The van der Waals surface area contributed by atoms with Gasteiger partial charge in [-0.3, -0.25) is 4.79 Å². The Kier molecular flexibility index (Phi) is 4.20. The van der Waals surface area contributed by atoms with E-state index in [0.717, 1.165) is 31.6 Å². The minimum absolute atomic E-state index is 0.0594. The van der Waals surface area contributed by atoms with Crippen molar-refractivity contribution < 1.29 is 14.7 Å². The van der Waals surface area contributed by atoms with Gasteiger partial charge in [0, 0.05) is 6.04 Å². The second-order valence-corrected chi connectivity index (χ2v) is 5.28. The standard InChI is InChI=1S/C15H19NO3/c1-10-6-8-11(9-7-10)16-14(17)12-4-2-3-5-13(12)15(18)19/h2-5,10-11H,6-9H2,1H3,(H,16,17)(H,18,19). The van der Waals surface area contributed by atoms with Gasteiger partial charge in [-0.05, 0) is 43.7 Å². The zero-order valence-corrected chi connectivity index (χ0v) is 11.1. The van der Waals surface area contributed by atoms with Crippen LogP contribution >= 0.6 is 0 Å². The highest BCUT2D eigenvalue weighted by Crippen LogP contribution is 2.23. The quantitative estimate of drug-likeness (QED) is 0.879. The van der Waals surface area contributed by atoms with Gasteiger partial charge in [0.05, 0.1) is 11.1 Å². The summed E-state index contributed by atoms with van der Waals surface area (Å²) in [5.41, 5.74) is 0.304. The van der Waals surface area contributed by atoms with Gasteiger partial charge in [-0.2, -0.15) is 0 Å². The van der Waals surface area contributed by atoms with Gasteiger partial charge in [0.15, 0.2) is 0 Å². The highest BCUT2D eigenvalue weighted by atomic mass is 16.4. The van der Waals surface area contributed by atoms with Gasteiger partial charge in [-0.1, -0.05) is 19.1 Å². The van der Waals surface area contributed by atoms with Crippen LogP contribution in [0.3, 0.4) is 0 Å². The van der Waals surface area contributed by atoms with E-state index in [9.17, 15) is 9.59 Å². The number of hydrogen-bond donors (Lipinski definition) is 2. The molecule has 2 rings (SSSR count). The summed E-state index contributed by atoms with van der Waals surface area (Å²) in [6, 6.07) is 6.50. The zero-order chi connectivity index (χ0) is 13.8. The Hall–Kier alpha value is -1.84. The van der Waals surface area contributed by atoms with Gasteiger partial charge in [0.1, 0.15) is 0 Å². The van der Waals surface area contributed by atoms with E-state index in [0.29, 0.717) is 0 Å². The molecule has 1 aromatic rings. The van der Waals surface area contributed by atoms with E-state index in [1.54, 1.807) is 18.2 Å². The van der Waals surface area contributed by atoms with E-state index in [4.69, 9.17) is 5.11 Å². The molecular weight excluding hydrogens is 242 g/mol. The van der Waals surface area contributed by atoms with Crippen molar-refractivity contribution in [3.8, 4) is 0 Å². The van der Waals surface area contributed by atoms with Crippen LogP contribution in [-0.4, -0.2) is 23.0 Å². The van der Waals surface area contributed by atoms with Gasteiger partial charge in [0.25, 0.3) is 5.91 Å². The Bertz CT molecular complexity index is 476. The molecule has 0 radical (unpaired) electrons. The smallest absolute Gasteiger partial charge is 0.336 e. The average Bonchev–Trinajstić information content (AvgIpc) is 2.41. The molecule has 0 saturated heterocycles. The SMILES string of the molecule is CC1CCC(NC(=O)c2ccccc2C(=O)O)CC1. The van der Waals surface area contributed by atoms with E-state index in [1.165, 1.54) is 6.07 Å². The second-order valence-electron chi connectivity index (χ2n) is 5.28. The lowest BCUT2D eigenvalue weighted by Gasteiger charge is -2.27. The molecule has 1 fully saturated rings. The minimum Gasteiger partial charge on any atom is -0.478 e. The molecule has 1 aliphatic carbocycles. The average molecular weight is 261 g/mol. The minimum atomic E-state index is -1.07. The lowest BCUT2D eigenvalue weighted by molar-refractivity contribution is 0.0690. The molecule has 2 N–H and O–H groups in total. The summed E-state index contributed by atoms with van der Waals surface area (Å²) in [5.74, 6) is -0.625. The van der Waals surface area contributed by atoms with Gasteiger partial charge in [0.2, 0.25) is 0 Å². The summed E-state index contributed by atoms with van der Waals surface area (Å²) in [6.45, 7) is 2.22. The molecule has 0 aliphatic heterocycles. The topological polar surface area (TPSA) is 66.4 Å². The molecule has 0 atom stereocenters. The lowest BCUT2D eigenvalue weighted by Crippen LogP contribution is -2.37. The predicted molar refractivity (Wildman–Crippen MR) is 72.3 cm³/mol. The number of carboxylic acids is 1. The van der Waals surface area contributed by atoms with Crippen LogP contribution in [0, 0.1) is 5.92 Å². The van der Waals surface area contributed by atoms with Crippen molar-refractivity contribution in [2.75, 3.05) is 0 Å². The van der Waals surface area contributed by atoms with E-state index >= 15 is 0 Å². The molecule has 0 aromatic heterocycles. The fourth-order valence-electron chi connectivity index (χ4n) is 2.54. The van der Waals surface area contributed by atoms with E-state index in [-0.39, 0.29) is 23.1 Å². The third kappa shape index (κ3) is 3.34. The maximum atomic E-state index is 12.1. The van der Waals surface area contributed by atoms with Crippen molar-refractivity contribution in [3.63, 3.8) is 0 Å². The van der Waals surface area contributed by atoms with Gasteiger partial charge < -0.3 is 10.4 Å². The Labute approximate surface area is 112 Å². The van der Waals surface area contributed by atoms with Crippen molar-refractivity contribution in [2.45, 2.75) is 38.6 Å². The van der Waals surface area contributed by atoms with Crippen LogP contribution in [0.1, 0.15) is 53.3 Å². The molecule has 1 saturated carbocycles. The number of carbonyl (C=O) groups is 2. The van der Waals surface area contributed by atoms with Gasteiger partial charge in [-0.25, -0.2) is 4.79 Å². The maximum absolute atomic E-state index is 12.1.